The second kappa shape index (κ2) is 8.01. The van der Waals surface area contributed by atoms with Gasteiger partial charge in [-0.15, -0.1) is 0 Å². The van der Waals surface area contributed by atoms with Crippen molar-refractivity contribution in [2.24, 2.45) is 0 Å². The fraction of sp³-hybridized carbons (Fsp3) is 0.545. The average molecular weight is 464 g/mol. The van der Waals surface area contributed by atoms with Crippen molar-refractivity contribution in [3.63, 3.8) is 0 Å². The topological polar surface area (TPSA) is 54.8 Å². The van der Waals surface area contributed by atoms with Crippen LogP contribution in [0.25, 0.3) is 10.9 Å². The lowest BCUT2D eigenvalue weighted by Gasteiger charge is -2.40. The molecule has 0 bridgehead atoms. The van der Waals surface area contributed by atoms with Crippen LogP contribution in [0.4, 0.5) is 4.79 Å². The summed E-state index contributed by atoms with van der Waals surface area (Å²) < 4.78 is 8.62. The first-order valence-corrected chi connectivity index (χ1v) is 10.9. The number of hydrogen-bond acceptors (Lipinski definition) is 3. The maximum absolute atomic E-state index is 13.4. The molecule has 158 valence electrons. The number of hydrogen-bond donors (Lipinski definition) is 0. The summed E-state index contributed by atoms with van der Waals surface area (Å²) >= 11 is 3.53. The number of benzene rings is 1. The number of rotatable bonds is 2. The van der Waals surface area contributed by atoms with Gasteiger partial charge in [-0.2, -0.15) is 0 Å². The minimum Gasteiger partial charge on any atom is -0.444 e. The summed E-state index contributed by atoms with van der Waals surface area (Å²) in [7, 11) is 0. The van der Waals surface area contributed by atoms with Gasteiger partial charge < -0.3 is 19.1 Å². The Morgan fingerprint density at radius 2 is 1.90 bits per heavy atom. The van der Waals surface area contributed by atoms with Crippen LogP contribution in [0.15, 0.2) is 28.9 Å². The number of piperazine rings is 1. The molecule has 1 aromatic carbocycles. The van der Waals surface area contributed by atoms with Crippen molar-refractivity contribution in [2.75, 3.05) is 19.6 Å². The third-order valence-corrected chi connectivity index (χ3v) is 5.62. The Morgan fingerprint density at radius 1 is 1.21 bits per heavy atom. The lowest BCUT2D eigenvalue weighted by Crippen LogP contribution is -2.56. The van der Waals surface area contributed by atoms with Gasteiger partial charge in [0.2, 0.25) is 0 Å². The largest absolute Gasteiger partial charge is 0.444 e. The van der Waals surface area contributed by atoms with E-state index in [4.69, 9.17) is 4.74 Å². The van der Waals surface area contributed by atoms with Crippen LogP contribution in [-0.4, -0.2) is 57.6 Å². The van der Waals surface area contributed by atoms with E-state index in [1.807, 2.05) is 50.9 Å². The molecule has 1 aromatic heterocycles. The van der Waals surface area contributed by atoms with Gasteiger partial charge in [0.05, 0.1) is 11.1 Å². The van der Waals surface area contributed by atoms with Gasteiger partial charge in [-0.05, 0) is 53.7 Å². The molecule has 3 rings (SSSR count). The zero-order chi connectivity index (χ0) is 21.5. The van der Waals surface area contributed by atoms with E-state index in [-0.39, 0.29) is 24.1 Å². The molecule has 1 unspecified atom stereocenters. The molecule has 0 saturated carbocycles. The highest BCUT2D eigenvalue weighted by Crippen LogP contribution is 2.29. The summed E-state index contributed by atoms with van der Waals surface area (Å²) in [6.45, 7) is 13.2. The second-order valence-electron chi connectivity index (χ2n) is 8.98. The Bertz CT molecular complexity index is 929. The molecule has 0 spiro atoms. The van der Waals surface area contributed by atoms with Crippen molar-refractivity contribution in [2.45, 2.75) is 59.2 Å². The van der Waals surface area contributed by atoms with Gasteiger partial charge in [-0.1, -0.05) is 22.0 Å². The van der Waals surface area contributed by atoms with Gasteiger partial charge in [0, 0.05) is 47.8 Å². The van der Waals surface area contributed by atoms with E-state index < -0.39 is 5.60 Å². The molecule has 1 atom stereocenters. The number of aromatic nitrogens is 1. The van der Waals surface area contributed by atoms with E-state index >= 15 is 0 Å². The molecule has 2 aromatic rings. The molecule has 1 aliphatic heterocycles. The highest BCUT2D eigenvalue weighted by Gasteiger charge is 2.33. The van der Waals surface area contributed by atoms with Crippen molar-refractivity contribution in [1.29, 1.82) is 0 Å². The highest BCUT2D eigenvalue weighted by molar-refractivity contribution is 9.10. The van der Waals surface area contributed by atoms with Gasteiger partial charge in [-0.3, -0.25) is 4.79 Å². The fourth-order valence-electron chi connectivity index (χ4n) is 3.73. The SMILES string of the molecule is CC1CN(C(=O)c2cn(C(C)C)c3cc(Br)ccc23)CCN1C(=O)OC(C)(C)C. The van der Waals surface area contributed by atoms with Crippen molar-refractivity contribution < 1.29 is 14.3 Å². The number of carbonyl (C=O) groups excluding carboxylic acids is 2. The lowest BCUT2D eigenvalue weighted by molar-refractivity contribution is 0.00201. The third kappa shape index (κ3) is 4.60. The molecule has 6 nitrogen and oxygen atoms in total. The number of halogens is 1. The molecular formula is C22H30BrN3O3. The zero-order valence-electron chi connectivity index (χ0n) is 18.0. The zero-order valence-corrected chi connectivity index (χ0v) is 19.6. The van der Waals surface area contributed by atoms with E-state index in [0.717, 1.165) is 15.4 Å². The minimum atomic E-state index is -0.531. The number of nitrogens with zero attached hydrogens (tertiary/aromatic N) is 3. The van der Waals surface area contributed by atoms with E-state index in [0.29, 0.717) is 25.2 Å². The van der Waals surface area contributed by atoms with Gasteiger partial charge >= 0.3 is 6.09 Å². The molecule has 29 heavy (non-hydrogen) atoms. The smallest absolute Gasteiger partial charge is 0.410 e. The van der Waals surface area contributed by atoms with Gasteiger partial charge in [0.15, 0.2) is 0 Å². The molecular weight excluding hydrogens is 434 g/mol. The quantitative estimate of drug-likeness (QED) is 0.624. The van der Waals surface area contributed by atoms with Gasteiger partial charge in [0.1, 0.15) is 5.60 Å². The Kier molecular flexibility index (Phi) is 5.99. The lowest BCUT2D eigenvalue weighted by atomic mass is 10.1. The van der Waals surface area contributed by atoms with E-state index in [2.05, 4.69) is 40.4 Å². The van der Waals surface area contributed by atoms with Crippen LogP contribution in [0.1, 0.15) is 57.9 Å². The molecule has 0 aliphatic carbocycles. The van der Waals surface area contributed by atoms with Crippen LogP contribution in [-0.2, 0) is 4.74 Å². The molecule has 0 N–H and O–H groups in total. The molecule has 1 saturated heterocycles. The molecule has 2 heterocycles. The standard InChI is InChI=1S/C22H30BrN3O3/c1-14(2)26-13-18(17-8-7-16(23)11-19(17)26)20(27)24-9-10-25(15(3)12-24)21(28)29-22(4,5)6/h7-8,11,13-15H,9-10,12H2,1-6H3. The Morgan fingerprint density at radius 3 is 2.48 bits per heavy atom. The van der Waals surface area contributed by atoms with Gasteiger partial charge in [-0.25, -0.2) is 4.79 Å². The van der Waals surface area contributed by atoms with E-state index in [9.17, 15) is 9.59 Å². The summed E-state index contributed by atoms with van der Waals surface area (Å²) in [5, 5.41) is 0.953. The van der Waals surface area contributed by atoms with Crippen LogP contribution in [0.2, 0.25) is 0 Å². The Balaban J connectivity index is 1.81. The Labute approximate surface area is 180 Å². The van der Waals surface area contributed by atoms with E-state index in [1.165, 1.54) is 0 Å². The van der Waals surface area contributed by atoms with Crippen LogP contribution in [0.3, 0.4) is 0 Å². The summed E-state index contributed by atoms with van der Waals surface area (Å²) in [6.07, 6.45) is 1.63. The first-order chi connectivity index (χ1) is 13.5. The average Bonchev–Trinajstić information content (AvgIpc) is 2.98. The van der Waals surface area contributed by atoms with Crippen molar-refractivity contribution in [3.8, 4) is 0 Å². The number of fused-ring (bicyclic) bond motifs is 1. The highest BCUT2D eigenvalue weighted by atomic mass is 79.9. The van der Waals surface area contributed by atoms with Crippen molar-refractivity contribution >= 4 is 38.8 Å². The Hall–Kier alpha value is -2.02. The maximum Gasteiger partial charge on any atom is 0.410 e. The summed E-state index contributed by atoms with van der Waals surface area (Å²) in [5.74, 6) is 0.00686. The second-order valence-corrected chi connectivity index (χ2v) is 9.89. The van der Waals surface area contributed by atoms with Crippen LogP contribution >= 0.6 is 15.9 Å². The summed E-state index contributed by atoms with van der Waals surface area (Å²) in [4.78, 5) is 29.4. The molecule has 7 heteroatoms. The maximum atomic E-state index is 13.4. The summed E-state index contributed by atoms with van der Waals surface area (Å²) in [6, 6.07) is 6.15. The molecule has 1 aliphatic rings. The predicted molar refractivity (Wildman–Crippen MR) is 118 cm³/mol. The minimum absolute atomic E-state index is 0.00686. The third-order valence-electron chi connectivity index (χ3n) is 5.13. The number of amides is 2. The predicted octanol–water partition coefficient (Wildman–Crippen LogP) is 5.07. The van der Waals surface area contributed by atoms with Crippen LogP contribution in [0.5, 0.6) is 0 Å². The summed E-state index contributed by atoms with van der Waals surface area (Å²) in [5.41, 5.74) is 1.22. The number of ether oxygens (including phenoxy) is 1. The van der Waals surface area contributed by atoms with Crippen LogP contribution < -0.4 is 0 Å². The van der Waals surface area contributed by atoms with Crippen molar-refractivity contribution in [1.82, 2.24) is 14.4 Å². The normalized spacial score (nSPS) is 17.9. The van der Waals surface area contributed by atoms with Crippen LogP contribution in [0, 0.1) is 0 Å². The molecule has 2 amide bonds. The fourth-order valence-corrected chi connectivity index (χ4v) is 4.08. The first-order valence-electron chi connectivity index (χ1n) is 10.1. The first kappa shape index (κ1) is 21.7. The molecule has 0 radical (unpaired) electrons. The monoisotopic (exact) mass is 463 g/mol. The number of carbonyl (C=O) groups is 2. The van der Waals surface area contributed by atoms with E-state index in [1.54, 1.807) is 4.90 Å². The van der Waals surface area contributed by atoms with Crippen molar-refractivity contribution in [3.05, 3.63) is 34.4 Å². The molecule has 1 fully saturated rings. The van der Waals surface area contributed by atoms with Gasteiger partial charge in [0.25, 0.3) is 5.91 Å².